The molecule has 8 nitrogen and oxygen atoms in total. The molecule has 1 aromatic heterocycles. The van der Waals surface area contributed by atoms with Crippen LogP contribution in [0.3, 0.4) is 0 Å². The van der Waals surface area contributed by atoms with Gasteiger partial charge in [-0.3, -0.25) is 14.7 Å². The van der Waals surface area contributed by atoms with E-state index in [1.807, 2.05) is 0 Å². The minimum absolute atomic E-state index is 0.184. The van der Waals surface area contributed by atoms with Crippen molar-refractivity contribution in [3.05, 3.63) is 51.8 Å². The predicted molar refractivity (Wildman–Crippen MR) is 126 cm³/mol. The van der Waals surface area contributed by atoms with Crippen molar-refractivity contribution in [3.63, 3.8) is 0 Å². The predicted octanol–water partition coefficient (Wildman–Crippen LogP) is 2.97. The molecule has 0 saturated carbocycles. The van der Waals surface area contributed by atoms with Crippen LogP contribution in [0.2, 0.25) is 0 Å². The summed E-state index contributed by atoms with van der Waals surface area (Å²) >= 11 is 0. The average Bonchev–Trinajstić information content (AvgIpc) is 3.22. The second-order valence-corrected chi connectivity index (χ2v) is 8.51. The molecule has 1 unspecified atom stereocenters. The van der Waals surface area contributed by atoms with Crippen molar-refractivity contribution in [2.45, 2.75) is 32.0 Å². The highest BCUT2D eigenvalue weighted by atomic mass is 16.5. The van der Waals surface area contributed by atoms with Crippen molar-refractivity contribution in [3.8, 4) is 11.5 Å². The molecule has 2 aromatic carbocycles. The molecule has 2 aliphatic heterocycles. The maximum absolute atomic E-state index is 12.8. The number of H-pyrrole nitrogens is 1. The van der Waals surface area contributed by atoms with Gasteiger partial charge in [-0.15, -0.1) is 0 Å². The van der Waals surface area contributed by atoms with Gasteiger partial charge in [-0.25, -0.2) is 4.98 Å². The van der Waals surface area contributed by atoms with Gasteiger partial charge < -0.3 is 19.7 Å². The Morgan fingerprint density at radius 1 is 1.16 bits per heavy atom. The van der Waals surface area contributed by atoms with Gasteiger partial charge in [-0.05, 0) is 56.1 Å². The summed E-state index contributed by atoms with van der Waals surface area (Å²) in [6.45, 7) is 2.62. The molecular formula is C24H29N5O3. The maximum atomic E-state index is 12.8. The Hall–Kier alpha value is -3.26. The third-order valence-electron chi connectivity index (χ3n) is 6.61. The zero-order valence-corrected chi connectivity index (χ0v) is 18.8. The van der Waals surface area contributed by atoms with Crippen LogP contribution in [0.1, 0.15) is 24.0 Å². The number of nitrogens with one attached hydrogen (secondary N) is 2. The van der Waals surface area contributed by atoms with Crippen LogP contribution < -0.4 is 25.2 Å². The Morgan fingerprint density at radius 2 is 1.97 bits per heavy atom. The second kappa shape index (κ2) is 8.35. The third kappa shape index (κ3) is 3.64. The molecule has 3 heterocycles. The fraction of sp³-hybridized carbons (Fsp3) is 0.417. The Balaban J connectivity index is 1.44. The summed E-state index contributed by atoms with van der Waals surface area (Å²) in [7, 11) is 5.31. The lowest BCUT2D eigenvalue weighted by atomic mass is 9.97. The van der Waals surface area contributed by atoms with E-state index >= 15 is 0 Å². The lowest BCUT2D eigenvalue weighted by molar-refractivity contribution is 0.338. The first-order valence-electron chi connectivity index (χ1n) is 11.1. The normalized spacial score (nSPS) is 18.6. The van der Waals surface area contributed by atoms with Crippen molar-refractivity contribution in [1.82, 2.24) is 14.9 Å². The summed E-state index contributed by atoms with van der Waals surface area (Å²) in [5.41, 5.74) is 4.25. The van der Waals surface area contributed by atoms with E-state index in [1.165, 1.54) is 29.7 Å². The molecule has 2 N–H and O–H groups in total. The molecule has 5 rings (SSSR count). The number of ether oxygens (including phenoxy) is 2. The van der Waals surface area contributed by atoms with Crippen LogP contribution in [0.5, 0.6) is 11.5 Å². The summed E-state index contributed by atoms with van der Waals surface area (Å²) in [5.74, 6) is 1.65. The SMILES string of the molecule is COc1cc2nc(N3CCc4c(cccc4NC4CCCN4C)C3)[nH]c(=O)c2cc1OC. The Labute approximate surface area is 187 Å². The third-order valence-corrected chi connectivity index (χ3v) is 6.61. The number of aromatic nitrogens is 2. The monoisotopic (exact) mass is 435 g/mol. The van der Waals surface area contributed by atoms with Crippen molar-refractivity contribution < 1.29 is 9.47 Å². The van der Waals surface area contributed by atoms with Crippen LogP contribution in [-0.4, -0.2) is 55.4 Å². The largest absolute Gasteiger partial charge is 0.493 e. The highest BCUT2D eigenvalue weighted by Gasteiger charge is 2.25. The summed E-state index contributed by atoms with van der Waals surface area (Å²) in [6.07, 6.45) is 3.69. The number of aromatic amines is 1. The molecule has 0 aliphatic carbocycles. The quantitative estimate of drug-likeness (QED) is 0.638. The van der Waals surface area contributed by atoms with Crippen LogP contribution in [0, 0.1) is 0 Å². The highest BCUT2D eigenvalue weighted by molar-refractivity contribution is 5.82. The van der Waals surface area contributed by atoms with E-state index in [1.54, 1.807) is 26.4 Å². The molecule has 3 aromatic rings. The van der Waals surface area contributed by atoms with E-state index in [4.69, 9.17) is 14.5 Å². The van der Waals surface area contributed by atoms with Crippen LogP contribution >= 0.6 is 0 Å². The van der Waals surface area contributed by atoms with E-state index in [-0.39, 0.29) is 5.56 Å². The molecule has 1 fully saturated rings. The lowest BCUT2D eigenvalue weighted by Gasteiger charge is -2.32. The topological polar surface area (TPSA) is 82.7 Å². The zero-order chi connectivity index (χ0) is 22.2. The van der Waals surface area contributed by atoms with Gasteiger partial charge in [-0.2, -0.15) is 0 Å². The number of methoxy groups -OCH3 is 2. The standard InChI is InChI=1S/C24H29N5O3/c1-28-10-5-8-22(28)25-18-7-4-6-15-14-29(11-9-16(15)18)24-26-19-13-21(32-3)20(31-2)12-17(19)23(30)27-24/h4,6-7,12-13,22,25H,5,8-11,14H2,1-3H3,(H,26,27,30). The fourth-order valence-corrected chi connectivity index (χ4v) is 4.80. The smallest absolute Gasteiger partial charge is 0.260 e. The molecule has 32 heavy (non-hydrogen) atoms. The highest BCUT2D eigenvalue weighted by Crippen LogP contribution is 2.32. The van der Waals surface area contributed by atoms with E-state index < -0.39 is 0 Å². The van der Waals surface area contributed by atoms with E-state index in [9.17, 15) is 4.79 Å². The molecule has 168 valence electrons. The summed E-state index contributed by atoms with van der Waals surface area (Å²) < 4.78 is 10.7. The Bertz CT molecular complexity index is 1210. The second-order valence-electron chi connectivity index (χ2n) is 8.51. The van der Waals surface area contributed by atoms with Crippen molar-refractivity contribution >= 4 is 22.5 Å². The minimum atomic E-state index is -0.184. The Morgan fingerprint density at radius 3 is 2.72 bits per heavy atom. The molecule has 0 bridgehead atoms. The fourth-order valence-electron chi connectivity index (χ4n) is 4.80. The summed E-state index contributed by atoms with van der Waals surface area (Å²) in [5, 5.41) is 4.22. The van der Waals surface area contributed by atoms with Gasteiger partial charge >= 0.3 is 0 Å². The van der Waals surface area contributed by atoms with E-state index in [0.717, 1.165) is 19.5 Å². The summed E-state index contributed by atoms with van der Waals surface area (Å²) in [6, 6.07) is 9.88. The number of benzene rings is 2. The van der Waals surface area contributed by atoms with E-state index in [2.05, 4.69) is 45.3 Å². The van der Waals surface area contributed by atoms with E-state index in [0.29, 0.717) is 41.1 Å². The maximum Gasteiger partial charge on any atom is 0.260 e. The van der Waals surface area contributed by atoms with Crippen LogP contribution in [0.4, 0.5) is 11.6 Å². The zero-order valence-electron chi connectivity index (χ0n) is 18.8. The lowest BCUT2D eigenvalue weighted by Crippen LogP contribution is -2.35. The first-order valence-corrected chi connectivity index (χ1v) is 11.1. The van der Waals surface area contributed by atoms with Gasteiger partial charge in [0, 0.05) is 24.8 Å². The summed E-state index contributed by atoms with van der Waals surface area (Å²) in [4.78, 5) is 25.0. The molecule has 0 spiro atoms. The van der Waals surface area contributed by atoms with Gasteiger partial charge in [0.25, 0.3) is 5.56 Å². The molecule has 1 atom stereocenters. The molecule has 2 aliphatic rings. The van der Waals surface area contributed by atoms with Crippen LogP contribution in [0.25, 0.3) is 10.9 Å². The van der Waals surface area contributed by atoms with Gasteiger partial charge in [0.2, 0.25) is 5.95 Å². The first-order chi connectivity index (χ1) is 15.6. The van der Waals surface area contributed by atoms with Gasteiger partial charge in [0.05, 0.1) is 31.3 Å². The number of hydrogen-bond donors (Lipinski definition) is 2. The number of fused-ring (bicyclic) bond motifs is 2. The number of rotatable bonds is 5. The number of anilines is 2. The number of likely N-dealkylation sites (tertiary alicyclic amines) is 1. The minimum Gasteiger partial charge on any atom is -0.493 e. The van der Waals surface area contributed by atoms with Crippen LogP contribution in [0.15, 0.2) is 35.1 Å². The number of hydrogen-bond acceptors (Lipinski definition) is 7. The molecule has 8 heteroatoms. The van der Waals surface area contributed by atoms with Crippen molar-refractivity contribution in [1.29, 1.82) is 0 Å². The molecule has 1 saturated heterocycles. The van der Waals surface area contributed by atoms with Crippen LogP contribution in [-0.2, 0) is 13.0 Å². The van der Waals surface area contributed by atoms with Crippen molar-refractivity contribution in [2.24, 2.45) is 0 Å². The van der Waals surface area contributed by atoms with Gasteiger partial charge in [-0.1, -0.05) is 12.1 Å². The van der Waals surface area contributed by atoms with Gasteiger partial charge in [0.15, 0.2) is 11.5 Å². The molecule has 0 radical (unpaired) electrons. The first kappa shape index (κ1) is 20.6. The molecular weight excluding hydrogens is 406 g/mol. The molecule has 0 amide bonds. The van der Waals surface area contributed by atoms with Crippen molar-refractivity contribution in [2.75, 3.05) is 44.6 Å². The number of nitrogens with zero attached hydrogens (tertiary/aromatic N) is 3. The Kier molecular flexibility index (Phi) is 5.38. The van der Waals surface area contributed by atoms with Gasteiger partial charge in [0.1, 0.15) is 0 Å². The average molecular weight is 436 g/mol.